The molecule has 0 saturated carbocycles. The lowest BCUT2D eigenvalue weighted by Crippen LogP contribution is -2.02. The van der Waals surface area contributed by atoms with Crippen LogP contribution in [0.25, 0.3) is 5.65 Å². The molecule has 0 atom stereocenters. The Morgan fingerprint density at radius 1 is 1.40 bits per heavy atom. The Bertz CT molecular complexity index is 786. The standard InChI is InChI=1S/C13H9ClN4O2/c14-10-5-9(13(19)20)7-18-11(16-17-12(10)18)4-8-2-1-3-15-6-8/h1-3,5-7H,4H2,(H,19,20). The summed E-state index contributed by atoms with van der Waals surface area (Å²) in [6, 6.07) is 5.10. The summed E-state index contributed by atoms with van der Waals surface area (Å²) >= 11 is 6.02. The molecule has 0 bridgehead atoms. The summed E-state index contributed by atoms with van der Waals surface area (Å²) in [5.41, 5.74) is 1.49. The van der Waals surface area contributed by atoms with Gasteiger partial charge in [-0.3, -0.25) is 9.38 Å². The quantitative estimate of drug-likeness (QED) is 0.798. The molecule has 0 aliphatic heterocycles. The Morgan fingerprint density at radius 2 is 2.25 bits per heavy atom. The van der Waals surface area contributed by atoms with Crippen LogP contribution in [0.15, 0.2) is 36.8 Å². The number of hydrogen-bond donors (Lipinski definition) is 1. The molecule has 3 aromatic heterocycles. The minimum atomic E-state index is -1.05. The van der Waals surface area contributed by atoms with E-state index in [1.807, 2.05) is 12.1 Å². The molecule has 0 amide bonds. The van der Waals surface area contributed by atoms with E-state index in [9.17, 15) is 4.79 Å². The molecule has 20 heavy (non-hydrogen) atoms. The minimum absolute atomic E-state index is 0.0923. The fourth-order valence-electron chi connectivity index (χ4n) is 1.92. The molecule has 6 nitrogen and oxygen atoms in total. The Morgan fingerprint density at radius 3 is 2.95 bits per heavy atom. The van der Waals surface area contributed by atoms with Gasteiger partial charge in [0, 0.05) is 25.0 Å². The molecular weight excluding hydrogens is 280 g/mol. The number of rotatable bonds is 3. The molecular formula is C13H9ClN4O2. The Hall–Kier alpha value is -2.47. The van der Waals surface area contributed by atoms with Crippen molar-refractivity contribution in [3.05, 3.63) is 58.8 Å². The van der Waals surface area contributed by atoms with Crippen LogP contribution < -0.4 is 0 Å². The second-order valence-electron chi connectivity index (χ2n) is 4.23. The largest absolute Gasteiger partial charge is 0.478 e. The van der Waals surface area contributed by atoms with Crippen LogP contribution in [-0.2, 0) is 6.42 Å². The van der Waals surface area contributed by atoms with E-state index in [1.165, 1.54) is 12.3 Å². The zero-order valence-corrected chi connectivity index (χ0v) is 10.9. The van der Waals surface area contributed by atoms with Crippen LogP contribution in [0.5, 0.6) is 0 Å². The number of carboxylic acid groups (broad SMARTS) is 1. The number of nitrogens with zero attached hydrogens (tertiary/aromatic N) is 4. The predicted octanol–water partition coefficient (Wildman–Crippen LogP) is 2.07. The highest BCUT2D eigenvalue weighted by Gasteiger charge is 2.13. The maximum absolute atomic E-state index is 11.1. The van der Waals surface area contributed by atoms with Gasteiger partial charge in [-0.15, -0.1) is 10.2 Å². The lowest BCUT2D eigenvalue weighted by molar-refractivity contribution is 0.0696. The van der Waals surface area contributed by atoms with Gasteiger partial charge >= 0.3 is 5.97 Å². The normalized spacial score (nSPS) is 10.8. The van der Waals surface area contributed by atoms with E-state index in [4.69, 9.17) is 16.7 Å². The average molecular weight is 289 g/mol. The number of fused-ring (bicyclic) bond motifs is 1. The third-order valence-corrected chi connectivity index (χ3v) is 3.14. The van der Waals surface area contributed by atoms with Gasteiger partial charge in [-0.05, 0) is 17.7 Å². The van der Waals surface area contributed by atoms with Gasteiger partial charge in [0.15, 0.2) is 5.65 Å². The predicted molar refractivity (Wildman–Crippen MR) is 72.0 cm³/mol. The van der Waals surface area contributed by atoms with Crippen LogP contribution in [0.4, 0.5) is 0 Å². The molecule has 0 saturated heterocycles. The molecule has 3 rings (SSSR count). The molecule has 0 radical (unpaired) electrons. The summed E-state index contributed by atoms with van der Waals surface area (Å²) < 4.78 is 1.60. The number of carbonyl (C=O) groups is 1. The highest BCUT2D eigenvalue weighted by Crippen LogP contribution is 2.19. The van der Waals surface area contributed by atoms with E-state index in [0.29, 0.717) is 17.9 Å². The zero-order valence-electron chi connectivity index (χ0n) is 10.2. The van der Waals surface area contributed by atoms with Crippen molar-refractivity contribution in [2.75, 3.05) is 0 Å². The highest BCUT2D eigenvalue weighted by atomic mass is 35.5. The van der Waals surface area contributed by atoms with Gasteiger partial charge in [0.2, 0.25) is 0 Å². The van der Waals surface area contributed by atoms with Gasteiger partial charge < -0.3 is 5.11 Å². The van der Waals surface area contributed by atoms with Crippen molar-refractivity contribution < 1.29 is 9.90 Å². The fraction of sp³-hybridized carbons (Fsp3) is 0.0769. The molecule has 3 heterocycles. The summed E-state index contributed by atoms with van der Waals surface area (Å²) in [4.78, 5) is 15.1. The Labute approximate surface area is 118 Å². The number of halogens is 1. The van der Waals surface area contributed by atoms with Crippen LogP contribution >= 0.6 is 11.6 Å². The van der Waals surface area contributed by atoms with E-state index >= 15 is 0 Å². The number of aromatic nitrogens is 4. The minimum Gasteiger partial charge on any atom is -0.478 e. The number of aromatic carboxylic acids is 1. The topological polar surface area (TPSA) is 80.4 Å². The van der Waals surface area contributed by atoms with Crippen molar-refractivity contribution >= 4 is 23.2 Å². The number of hydrogen-bond acceptors (Lipinski definition) is 4. The highest BCUT2D eigenvalue weighted by molar-refractivity contribution is 6.33. The molecule has 0 aliphatic rings. The van der Waals surface area contributed by atoms with Crippen molar-refractivity contribution in [1.29, 1.82) is 0 Å². The van der Waals surface area contributed by atoms with Crippen LogP contribution in [0.1, 0.15) is 21.7 Å². The third-order valence-electron chi connectivity index (χ3n) is 2.86. The SMILES string of the molecule is O=C(O)c1cc(Cl)c2nnc(Cc3cccnc3)n2c1. The lowest BCUT2D eigenvalue weighted by atomic mass is 10.2. The van der Waals surface area contributed by atoms with Crippen molar-refractivity contribution in [2.45, 2.75) is 6.42 Å². The van der Waals surface area contributed by atoms with Gasteiger partial charge in [0.25, 0.3) is 0 Å². The molecule has 1 N–H and O–H groups in total. The van der Waals surface area contributed by atoms with Crippen molar-refractivity contribution in [1.82, 2.24) is 19.6 Å². The van der Waals surface area contributed by atoms with Gasteiger partial charge in [-0.1, -0.05) is 17.7 Å². The molecule has 3 aromatic rings. The molecule has 100 valence electrons. The summed E-state index contributed by atoms with van der Waals surface area (Å²) in [5, 5.41) is 17.4. The van der Waals surface area contributed by atoms with Crippen molar-refractivity contribution in [3.63, 3.8) is 0 Å². The van der Waals surface area contributed by atoms with Gasteiger partial charge in [-0.2, -0.15) is 0 Å². The van der Waals surface area contributed by atoms with Gasteiger partial charge in [0.05, 0.1) is 10.6 Å². The summed E-state index contributed by atoms with van der Waals surface area (Å²) in [5.74, 6) is -0.437. The van der Waals surface area contributed by atoms with E-state index in [1.54, 1.807) is 16.8 Å². The van der Waals surface area contributed by atoms with Crippen LogP contribution in [0.3, 0.4) is 0 Å². The third kappa shape index (κ3) is 2.21. The summed E-state index contributed by atoms with van der Waals surface area (Å²) in [7, 11) is 0. The fourth-order valence-corrected chi connectivity index (χ4v) is 2.17. The molecule has 0 aromatic carbocycles. The van der Waals surface area contributed by atoms with Crippen molar-refractivity contribution in [2.24, 2.45) is 0 Å². The first-order chi connectivity index (χ1) is 9.65. The monoisotopic (exact) mass is 288 g/mol. The maximum atomic E-state index is 11.1. The number of pyridine rings is 2. The van der Waals surface area contributed by atoms with Crippen LogP contribution in [-0.4, -0.2) is 30.7 Å². The van der Waals surface area contributed by atoms with Crippen LogP contribution in [0.2, 0.25) is 5.02 Å². The Balaban J connectivity index is 2.10. The Kier molecular flexibility index (Phi) is 3.08. The molecule has 0 spiro atoms. The van der Waals surface area contributed by atoms with E-state index in [2.05, 4.69) is 15.2 Å². The van der Waals surface area contributed by atoms with E-state index in [0.717, 1.165) is 5.56 Å². The first-order valence-electron chi connectivity index (χ1n) is 5.80. The number of carboxylic acids is 1. The van der Waals surface area contributed by atoms with Crippen molar-refractivity contribution in [3.8, 4) is 0 Å². The maximum Gasteiger partial charge on any atom is 0.337 e. The average Bonchev–Trinajstić information content (AvgIpc) is 2.84. The summed E-state index contributed by atoms with van der Waals surface area (Å²) in [6.07, 6.45) is 5.37. The first kappa shape index (κ1) is 12.6. The van der Waals surface area contributed by atoms with Gasteiger partial charge in [0.1, 0.15) is 5.82 Å². The molecule has 0 fully saturated rings. The smallest absolute Gasteiger partial charge is 0.337 e. The van der Waals surface area contributed by atoms with E-state index < -0.39 is 5.97 Å². The molecule has 0 aliphatic carbocycles. The van der Waals surface area contributed by atoms with Crippen LogP contribution in [0, 0.1) is 0 Å². The lowest BCUT2D eigenvalue weighted by Gasteiger charge is -2.03. The first-order valence-corrected chi connectivity index (χ1v) is 6.18. The second-order valence-corrected chi connectivity index (χ2v) is 4.64. The van der Waals surface area contributed by atoms with Gasteiger partial charge in [-0.25, -0.2) is 4.79 Å². The van der Waals surface area contributed by atoms with E-state index in [-0.39, 0.29) is 10.6 Å². The molecule has 7 heteroatoms. The zero-order chi connectivity index (χ0) is 14.1. The second kappa shape index (κ2) is 4.90. The summed E-state index contributed by atoms with van der Waals surface area (Å²) in [6.45, 7) is 0. The molecule has 0 unspecified atom stereocenters.